The van der Waals surface area contributed by atoms with Gasteiger partial charge in [0, 0.05) is 22.2 Å². The summed E-state index contributed by atoms with van der Waals surface area (Å²) in [6.45, 7) is 3.27. The van der Waals surface area contributed by atoms with E-state index in [2.05, 4.69) is 5.32 Å². The fourth-order valence-corrected chi connectivity index (χ4v) is 4.45. The first-order valence-corrected chi connectivity index (χ1v) is 11.0. The van der Waals surface area contributed by atoms with Gasteiger partial charge in [0.2, 0.25) is 0 Å². The maximum Gasteiger partial charge on any atom is 0.271 e. The highest BCUT2D eigenvalue weighted by Gasteiger charge is 2.41. The highest BCUT2D eigenvalue weighted by atomic mass is 35.5. The van der Waals surface area contributed by atoms with Gasteiger partial charge >= 0.3 is 0 Å². The maximum atomic E-state index is 14.5. The fourth-order valence-electron chi connectivity index (χ4n) is 4.22. The number of hydrogen-bond donors (Lipinski definition) is 1. The lowest BCUT2D eigenvalue weighted by Gasteiger charge is -2.39. The zero-order chi connectivity index (χ0) is 22.2. The smallest absolute Gasteiger partial charge is 0.271 e. The SMILES string of the molecule is CC1(C)Oc2ccc(C(=O)NC3CCCCC3)cc2N(Cc2c(F)cccc2Cl)C1=O. The Morgan fingerprint density at radius 1 is 1.23 bits per heavy atom. The molecule has 1 heterocycles. The van der Waals surface area contributed by atoms with Crippen molar-refractivity contribution in [2.75, 3.05) is 4.90 Å². The number of anilines is 1. The zero-order valence-corrected chi connectivity index (χ0v) is 18.5. The average molecular weight is 445 g/mol. The van der Waals surface area contributed by atoms with Gasteiger partial charge in [0.25, 0.3) is 11.8 Å². The normalized spacial score (nSPS) is 18.3. The van der Waals surface area contributed by atoms with E-state index in [1.165, 1.54) is 23.5 Å². The molecule has 2 aromatic carbocycles. The largest absolute Gasteiger partial charge is 0.476 e. The summed E-state index contributed by atoms with van der Waals surface area (Å²) in [6.07, 6.45) is 5.39. The van der Waals surface area contributed by atoms with Gasteiger partial charge in [-0.15, -0.1) is 0 Å². The number of fused-ring (bicyclic) bond motifs is 1. The highest BCUT2D eigenvalue weighted by molar-refractivity contribution is 6.31. The molecule has 31 heavy (non-hydrogen) atoms. The molecule has 2 aromatic rings. The van der Waals surface area contributed by atoms with Crippen LogP contribution < -0.4 is 15.0 Å². The number of carbonyl (C=O) groups is 2. The van der Waals surface area contributed by atoms with E-state index >= 15 is 0 Å². The third-order valence-electron chi connectivity index (χ3n) is 5.96. The van der Waals surface area contributed by atoms with Crippen molar-refractivity contribution in [3.8, 4) is 5.75 Å². The molecule has 0 bridgehead atoms. The minimum atomic E-state index is -1.13. The van der Waals surface area contributed by atoms with Crippen molar-refractivity contribution in [3.05, 3.63) is 58.4 Å². The van der Waals surface area contributed by atoms with Crippen molar-refractivity contribution >= 4 is 29.1 Å². The van der Waals surface area contributed by atoms with E-state index in [1.807, 2.05) is 0 Å². The summed E-state index contributed by atoms with van der Waals surface area (Å²) in [7, 11) is 0. The van der Waals surface area contributed by atoms with Crippen LogP contribution in [-0.4, -0.2) is 23.5 Å². The van der Waals surface area contributed by atoms with Gasteiger partial charge in [-0.05, 0) is 57.0 Å². The van der Waals surface area contributed by atoms with Crippen molar-refractivity contribution in [1.82, 2.24) is 5.32 Å². The number of nitrogens with zero attached hydrogens (tertiary/aromatic N) is 1. The summed E-state index contributed by atoms with van der Waals surface area (Å²) < 4.78 is 20.3. The van der Waals surface area contributed by atoms with Crippen molar-refractivity contribution in [2.45, 2.75) is 64.1 Å². The molecule has 2 amide bonds. The molecule has 0 unspecified atom stereocenters. The minimum Gasteiger partial charge on any atom is -0.476 e. The first kappa shape index (κ1) is 21.6. The third kappa shape index (κ3) is 4.40. The standard InChI is InChI=1S/C24H26ClFN2O3/c1-24(2)23(30)28(14-17-18(25)9-6-10-19(17)26)20-13-15(11-12-21(20)31-24)22(29)27-16-7-4-3-5-8-16/h6,9-13,16H,3-5,7-8,14H2,1-2H3,(H,27,29). The molecular weight excluding hydrogens is 419 g/mol. The number of carbonyl (C=O) groups excluding carboxylic acids is 2. The first-order chi connectivity index (χ1) is 14.8. The minimum absolute atomic E-state index is 0.0577. The van der Waals surface area contributed by atoms with Gasteiger partial charge in [-0.3, -0.25) is 9.59 Å². The van der Waals surface area contributed by atoms with Crippen LogP contribution >= 0.6 is 11.6 Å². The molecule has 0 aromatic heterocycles. The Bertz CT molecular complexity index is 998. The quantitative estimate of drug-likeness (QED) is 0.701. The maximum absolute atomic E-state index is 14.5. The fraction of sp³-hybridized carbons (Fsp3) is 0.417. The topological polar surface area (TPSA) is 58.6 Å². The molecule has 0 atom stereocenters. The van der Waals surface area contributed by atoms with Crippen molar-refractivity contribution in [3.63, 3.8) is 0 Å². The molecule has 164 valence electrons. The van der Waals surface area contributed by atoms with Crippen LogP contribution in [0, 0.1) is 5.82 Å². The number of halogens is 2. The summed E-state index contributed by atoms with van der Waals surface area (Å²) in [5, 5.41) is 3.33. The molecule has 5 nitrogen and oxygen atoms in total. The second-order valence-corrected chi connectivity index (χ2v) is 9.10. The van der Waals surface area contributed by atoms with Crippen molar-refractivity contribution in [2.24, 2.45) is 0 Å². The molecule has 0 radical (unpaired) electrons. The molecule has 1 aliphatic heterocycles. The van der Waals surface area contributed by atoms with Gasteiger partial charge in [-0.2, -0.15) is 0 Å². The number of ether oxygens (including phenoxy) is 1. The lowest BCUT2D eigenvalue weighted by Crippen LogP contribution is -2.52. The summed E-state index contributed by atoms with van der Waals surface area (Å²) >= 11 is 6.21. The Morgan fingerprint density at radius 2 is 1.97 bits per heavy atom. The number of hydrogen-bond acceptors (Lipinski definition) is 3. The molecule has 1 N–H and O–H groups in total. The van der Waals surface area contributed by atoms with E-state index in [0.29, 0.717) is 17.0 Å². The summed E-state index contributed by atoms with van der Waals surface area (Å²) in [5.74, 6) is -0.538. The van der Waals surface area contributed by atoms with Crippen molar-refractivity contribution in [1.29, 1.82) is 0 Å². The van der Waals surface area contributed by atoms with Crippen LogP contribution in [0.3, 0.4) is 0 Å². The van der Waals surface area contributed by atoms with Crippen LogP contribution in [0.2, 0.25) is 5.02 Å². The Kier molecular flexibility index (Phi) is 5.93. The van der Waals surface area contributed by atoms with Crippen LogP contribution in [0.25, 0.3) is 0 Å². The van der Waals surface area contributed by atoms with E-state index in [4.69, 9.17) is 16.3 Å². The summed E-state index contributed by atoms with van der Waals surface area (Å²) in [4.78, 5) is 27.5. The summed E-state index contributed by atoms with van der Waals surface area (Å²) in [5.41, 5.74) is -0.0420. The predicted molar refractivity (Wildman–Crippen MR) is 118 cm³/mol. The van der Waals surface area contributed by atoms with Crippen LogP contribution in [0.5, 0.6) is 5.75 Å². The number of benzene rings is 2. The second kappa shape index (κ2) is 8.50. The average Bonchev–Trinajstić information content (AvgIpc) is 2.73. The van der Waals surface area contributed by atoms with Crippen molar-refractivity contribution < 1.29 is 18.7 Å². The third-order valence-corrected chi connectivity index (χ3v) is 6.31. The van der Waals surface area contributed by atoms with Gasteiger partial charge in [-0.25, -0.2) is 4.39 Å². The lowest BCUT2D eigenvalue weighted by molar-refractivity contribution is -0.132. The predicted octanol–water partition coefficient (Wildman–Crippen LogP) is 5.25. The van der Waals surface area contributed by atoms with Gasteiger partial charge in [-0.1, -0.05) is 36.9 Å². The highest BCUT2D eigenvalue weighted by Crippen LogP contribution is 2.40. The van der Waals surface area contributed by atoms with Crippen LogP contribution in [-0.2, 0) is 11.3 Å². The van der Waals surface area contributed by atoms with E-state index < -0.39 is 11.4 Å². The van der Waals surface area contributed by atoms with E-state index in [0.717, 1.165) is 25.7 Å². The second-order valence-electron chi connectivity index (χ2n) is 8.69. The van der Waals surface area contributed by atoms with Gasteiger partial charge in [0.05, 0.1) is 12.2 Å². The zero-order valence-electron chi connectivity index (χ0n) is 17.7. The Balaban J connectivity index is 1.67. The van der Waals surface area contributed by atoms with Crippen LogP contribution in [0.1, 0.15) is 61.9 Å². The number of rotatable bonds is 4. The molecule has 1 aliphatic carbocycles. The van der Waals surface area contributed by atoms with Gasteiger partial charge in [0.15, 0.2) is 5.60 Å². The van der Waals surface area contributed by atoms with Gasteiger partial charge in [0.1, 0.15) is 11.6 Å². The number of nitrogens with one attached hydrogen (secondary N) is 1. The Morgan fingerprint density at radius 3 is 2.68 bits per heavy atom. The molecule has 0 saturated heterocycles. The molecule has 0 spiro atoms. The van der Waals surface area contributed by atoms with E-state index in [1.54, 1.807) is 38.1 Å². The Hall–Kier alpha value is -2.60. The van der Waals surface area contributed by atoms with E-state index in [9.17, 15) is 14.0 Å². The van der Waals surface area contributed by atoms with Crippen LogP contribution in [0.15, 0.2) is 36.4 Å². The van der Waals surface area contributed by atoms with Crippen LogP contribution in [0.4, 0.5) is 10.1 Å². The number of amides is 2. The summed E-state index contributed by atoms with van der Waals surface area (Å²) in [6, 6.07) is 9.61. The van der Waals surface area contributed by atoms with E-state index in [-0.39, 0.29) is 35.0 Å². The van der Waals surface area contributed by atoms with Gasteiger partial charge < -0.3 is 15.0 Å². The lowest BCUT2D eigenvalue weighted by atomic mass is 9.95. The molecule has 2 aliphatic rings. The molecule has 1 fully saturated rings. The molecular formula is C24H26ClFN2O3. The first-order valence-electron chi connectivity index (χ1n) is 10.6. The molecule has 4 rings (SSSR count). The monoisotopic (exact) mass is 444 g/mol. The molecule has 1 saturated carbocycles. The Labute approximate surface area is 186 Å². The molecule has 7 heteroatoms.